The molecule has 0 saturated carbocycles. The quantitative estimate of drug-likeness (QED) is 0.544. The molecule has 3 N–H and O–H groups in total. The van der Waals surface area contributed by atoms with Crippen molar-refractivity contribution in [3.8, 4) is 0 Å². The van der Waals surface area contributed by atoms with Gasteiger partial charge >= 0.3 is 11.9 Å². The van der Waals surface area contributed by atoms with Crippen LogP contribution in [0.2, 0.25) is 0 Å². The molecule has 0 bridgehead atoms. The number of rotatable bonds is 6. The third-order valence-corrected chi connectivity index (χ3v) is 6.59. The second-order valence-electron chi connectivity index (χ2n) is 9.04. The van der Waals surface area contributed by atoms with Gasteiger partial charge in [-0.2, -0.15) is 0 Å². The topological polar surface area (TPSA) is 110 Å². The Labute approximate surface area is 206 Å². The minimum Gasteiger partial charge on any atom is -0.473 e. The monoisotopic (exact) mass is 481 g/mol. The van der Waals surface area contributed by atoms with E-state index in [-0.39, 0.29) is 11.9 Å². The summed E-state index contributed by atoms with van der Waals surface area (Å²) in [6.07, 6.45) is 6.47. The maximum absolute atomic E-state index is 12.9. The summed E-state index contributed by atoms with van der Waals surface area (Å²) in [5.41, 5.74) is 2.24. The smallest absolute Gasteiger partial charge is 0.414 e. The van der Waals surface area contributed by atoms with Gasteiger partial charge in [-0.1, -0.05) is 67.1 Å². The average molecular weight is 482 g/mol. The number of nitrogens with one attached hydrogen (secondary N) is 1. The summed E-state index contributed by atoms with van der Waals surface area (Å²) in [6.45, 7) is 5.07. The fraction of sp³-hybridized carbons (Fsp3) is 0.444. The lowest BCUT2D eigenvalue weighted by atomic mass is 9.98. The van der Waals surface area contributed by atoms with E-state index in [1.807, 2.05) is 36.4 Å². The number of amides is 1. The van der Waals surface area contributed by atoms with Crippen molar-refractivity contribution in [3.63, 3.8) is 0 Å². The zero-order chi connectivity index (χ0) is 25.0. The maximum Gasteiger partial charge on any atom is 0.414 e. The van der Waals surface area contributed by atoms with Crippen LogP contribution in [-0.2, 0) is 14.4 Å². The molecule has 2 aliphatic rings. The SMILES string of the molecule is O=C(CN1CCC(N2CCCCC2)CC1)NC(c1ccccc1)c1ccccc1.O=C(O)C(=O)O. The highest BCUT2D eigenvalue weighted by Gasteiger charge is 2.27. The molecule has 4 rings (SSSR count). The minimum absolute atomic E-state index is 0.101. The molecule has 2 aromatic carbocycles. The molecule has 0 aromatic heterocycles. The Balaban J connectivity index is 0.000000509. The Bertz CT molecular complexity index is 888. The first kappa shape index (κ1) is 26.4. The second kappa shape index (κ2) is 13.6. The standard InChI is InChI=1S/C25H33N3O.C2H2O4/c29-24(20-27-18-14-23(15-19-27)28-16-8-3-9-17-28)26-25(21-10-4-1-5-11-21)22-12-6-2-7-13-22;3-1(4)2(5)6/h1-2,4-7,10-13,23,25H,3,8-9,14-20H2,(H,26,29);(H,3,4)(H,5,6). The number of aliphatic carboxylic acids is 2. The molecule has 2 aromatic rings. The molecule has 8 nitrogen and oxygen atoms in total. The second-order valence-corrected chi connectivity index (χ2v) is 9.04. The Kier molecular flexibility index (Phi) is 10.3. The maximum atomic E-state index is 12.9. The highest BCUT2D eigenvalue weighted by molar-refractivity contribution is 6.27. The molecule has 2 fully saturated rings. The highest BCUT2D eigenvalue weighted by Crippen LogP contribution is 2.23. The largest absolute Gasteiger partial charge is 0.473 e. The van der Waals surface area contributed by atoms with Crippen LogP contribution in [0.4, 0.5) is 0 Å². The lowest BCUT2D eigenvalue weighted by Gasteiger charge is -2.40. The lowest BCUT2D eigenvalue weighted by Crippen LogP contribution is -2.49. The van der Waals surface area contributed by atoms with Gasteiger partial charge in [0, 0.05) is 19.1 Å². The fourth-order valence-corrected chi connectivity index (χ4v) is 4.79. The molecule has 35 heavy (non-hydrogen) atoms. The number of carboxylic acid groups (broad SMARTS) is 2. The normalized spacial score (nSPS) is 17.3. The van der Waals surface area contributed by atoms with E-state index in [9.17, 15) is 4.79 Å². The summed E-state index contributed by atoms with van der Waals surface area (Å²) in [5.74, 6) is -3.54. The zero-order valence-electron chi connectivity index (χ0n) is 20.0. The molecule has 0 aliphatic carbocycles. The molecule has 0 spiro atoms. The van der Waals surface area contributed by atoms with Crippen LogP contribution in [0.3, 0.4) is 0 Å². The van der Waals surface area contributed by atoms with Gasteiger partial charge in [0.2, 0.25) is 5.91 Å². The van der Waals surface area contributed by atoms with Crippen molar-refractivity contribution < 1.29 is 24.6 Å². The molecule has 1 amide bonds. The van der Waals surface area contributed by atoms with E-state index in [0.29, 0.717) is 6.54 Å². The number of nitrogens with zero attached hydrogens (tertiary/aromatic N) is 2. The van der Waals surface area contributed by atoms with E-state index in [1.165, 1.54) is 45.2 Å². The number of carbonyl (C=O) groups excluding carboxylic acids is 1. The van der Waals surface area contributed by atoms with Crippen LogP contribution in [-0.4, -0.2) is 76.6 Å². The van der Waals surface area contributed by atoms with Crippen molar-refractivity contribution in [1.29, 1.82) is 0 Å². The van der Waals surface area contributed by atoms with Crippen LogP contribution in [0.5, 0.6) is 0 Å². The molecule has 2 heterocycles. The van der Waals surface area contributed by atoms with Gasteiger partial charge in [0.25, 0.3) is 0 Å². The first-order valence-electron chi connectivity index (χ1n) is 12.3. The predicted molar refractivity (Wildman–Crippen MR) is 133 cm³/mol. The first-order valence-corrected chi connectivity index (χ1v) is 12.3. The van der Waals surface area contributed by atoms with E-state index in [2.05, 4.69) is 39.4 Å². The summed E-state index contributed by atoms with van der Waals surface area (Å²) >= 11 is 0. The van der Waals surface area contributed by atoms with E-state index in [1.54, 1.807) is 0 Å². The van der Waals surface area contributed by atoms with Crippen LogP contribution < -0.4 is 5.32 Å². The van der Waals surface area contributed by atoms with E-state index in [4.69, 9.17) is 19.8 Å². The molecular formula is C27H35N3O5. The predicted octanol–water partition coefficient (Wildman–Crippen LogP) is 3.00. The Morgan fingerprint density at radius 2 is 1.26 bits per heavy atom. The molecule has 2 aliphatic heterocycles. The molecule has 0 atom stereocenters. The molecular weight excluding hydrogens is 446 g/mol. The van der Waals surface area contributed by atoms with Crippen molar-refractivity contribution in [2.45, 2.75) is 44.2 Å². The third-order valence-electron chi connectivity index (χ3n) is 6.59. The number of carboxylic acids is 2. The van der Waals surface area contributed by atoms with Crippen LogP contribution in [0.25, 0.3) is 0 Å². The van der Waals surface area contributed by atoms with Crippen molar-refractivity contribution >= 4 is 17.8 Å². The van der Waals surface area contributed by atoms with Gasteiger partial charge in [0.05, 0.1) is 12.6 Å². The van der Waals surface area contributed by atoms with Gasteiger partial charge in [-0.05, 0) is 49.9 Å². The first-order chi connectivity index (χ1) is 16.9. The Morgan fingerprint density at radius 3 is 1.71 bits per heavy atom. The van der Waals surface area contributed by atoms with E-state index >= 15 is 0 Å². The van der Waals surface area contributed by atoms with Crippen LogP contribution in [0.15, 0.2) is 60.7 Å². The molecule has 0 unspecified atom stereocenters. The van der Waals surface area contributed by atoms with Gasteiger partial charge in [0.1, 0.15) is 0 Å². The molecule has 8 heteroatoms. The summed E-state index contributed by atoms with van der Waals surface area (Å²) < 4.78 is 0. The summed E-state index contributed by atoms with van der Waals surface area (Å²) in [6, 6.07) is 21.1. The van der Waals surface area contributed by atoms with Crippen molar-refractivity contribution in [2.24, 2.45) is 0 Å². The van der Waals surface area contributed by atoms with Gasteiger partial charge in [-0.3, -0.25) is 9.69 Å². The zero-order valence-corrected chi connectivity index (χ0v) is 20.0. The Hall–Kier alpha value is -3.23. The summed E-state index contributed by atoms with van der Waals surface area (Å²) in [4.78, 5) is 36.1. The highest BCUT2D eigenvalue weighted by atomic mass is 16.4. The van der Waals surface area contributed by atoms with Crippen molar-refractivity contribution in [3.05, 3.63) is 71.8 Å². The molecule has 2 saturated heterocycles. The van der Waals surface area contributed by atoms with Gasteiger partial charge in [-0.25, -0.2) is 9.59 Å². The fourth-order valence-electron chi connectivity index (χ4n) is 4.79. The number of carbonyl (C=O) groups is 3. The number of piperidine rings is 2. The number of benzene rings is 2. The van der Waals surface area contributed by atoms with Gasteiger partial charge in [0.15, 0.2) is 0 Å². The van der Waals surface area contributed by atoms with Crippen LogP contribution in [0.1, 0.15) is 49.3 Å². The minimum atomic E-state index is -1.82. The lowest BCUT2D eigenvalue weighted by molar-refractivity contribution is -0.159. The van der Waals surface area contributed by atoms with E-state index in [0.717, 1.165) is 30.3 Å². The van der Waals surface area contributed by atoms with Gasteiger partial charge in [-0.15, -0.1) is 0 Å². The van der Waals surface area contributed by atoms with Crippen molar-refractivity contribution in [2.75, 3.05) is 32.7 Å². The molecule has 0 radical (unpaired) electrons. The van der Waals surface area contributed by atoms with Crippen molar-refractivity contribution in [1.82, 2.24) is 15.1 Å². The van der Waals surface area contributed by atoms with Gasteiger partial charge < -0.3 is 20.4 Å². The summed E-state index contributed by atoms with van der Waals surface area (Å²) in [5, 5.41) is 18.1. The van der Waals surface area contributed by atoms with Crippen LogP contribution >= 0.6 is 0 Å². The number of hydrogen-bond donors (Lipinski definition) is 3. The van der Waals surface area contributed by atoms with Crippen LogP contribution in [0, 0.1) is 0 Å². The van der Waals surface area contributed by atoms with E-state index < -0.39 is 11.9 Å². The average Bonchev–Trinajstić information content (AvgIpc) is 2.89. The molecule has 188 valence electrons. The number of hydrogen-bond acceptors (Lipinski definition) is 5. The third kappa shape index (κ3) is 8.49. The summed E-state index contributed by atoms with van der Waals surface area (Å²) in [7, 11) is 0. The number of likely N-dealkylation sites (tertiary alicyclic amines) is 2. The Morgan fingerprint density at radius 1 is 0.771 bits per heavy atom.